The highest BCUT2D eigenvalue weighted by atomic mass is 16.5. The van der Waals surface area contributed by atoms with Gasteiger partial charge in [-0.2, -0.15) is 0 Å². The van der Waals surface area contributed by atoms with Gasteiger partial charge in [0.05, 0.1) is 6.10 Å². The van der Waals surface area contributed by atoms with Gasteiger partial charge in [0.25, 0.3) is 0 Å². The number of rotatable bonds is 6. The Morgan fingerprint density at radius 1 is 1.06 bits per heavy atom. The lowest BCUT2D eigenvalue weighted by molar-refractivity contribution is -0.121. The first kappa shape index (κ1) is 21.5. The molecule has 6 heteroatoms. The van der Waals surface area contributed by atoms with Crippen LogP contribution in [-0.2, 0) is 16.0 Å². The number of benzene rings is 2. The summed E-state index contributed by atoms with van der Waals surface area (Å²) in [5.74, 6) is 0.728. The largest absolute Gasteiger partial charge is 0.461 e. The number of fused-ring (bicyclic) bond motifs is 2. The molecule has 1 N–H and O–H groups in total. The molecule has 3 heterocycles. The van der Waals surface area contributed by atoms with Gasteiger partial charge in [-0.15, -0.1) is 0 Å². The molecule has 1 atom stereocenters. The molecule has 4 aromatic rings. The Morgan fingerprint density at radius 3 is 2.61 bits per heavy atom. The molecule has 33 heavy (non-hydrogen) atoms. The molecule has 6 nitrogen and oxygen atoms in total. The highest BCUT2D eigenvalue weighted by molar-refractivity contribution is 6.03. The number of furan rings is 1. The van der Waals surface area contributed by atoms with Crippen LogP contribution in [0.15, 0.2) is 56.1 Å². The molecule has 1 fully saturated rings. The second-order valence-corrected chi connectivity index (χ2v) is 8.68. The Hall–Kier alpha value is -3.38. The molecule has 5 rings (SSSR count). The molecule has 0 unspecified atom stereocenters. The van der Waals surface area contributed by atoms with Crippen LogP contribution < -0.4 is 10.9 Å². The monoisotopic (exact) mass is 445 g/mol. The third-order valence-electron chi connectivity index (χ3n) is 6.49. The second-order valence-electron chi connectivity index (χ2n) is 8.68. The zero-order valence-corrected chi connectivity index (χ0v) is 18.9. The summed E-state index contributed by atoms with van der Waals surface area (Å²) >= 11 is 0. The summed E-state index contributed by atoms with van der Waals surface area (Å²) in [6, 6.07) is 13.9. The molecule has 1 saturated heterocycles. The van der Waals surface area contributed by atoms with E-state index in [-0.39, 0.29) is 18.4 Å². The SMILES string of the molecule is Cc1oc2cc3oc(=O)c(CCC(=O)NC[C@@H]4CCCO4)c(C)c3cc2c1-c1ccccc1. The number of ether oxygens (including phenoxy) is 1. The van der Waals surface area contributed by atoms with Crippen LogP contribution >= 0.6 is 0 Å². The molecule has 0 saturated carbocycles. The van der Waals surface area contributed by atoms with Crippen molar-refractivity contribution in [3.63, 3.8) is 0 Å². The average Bonchev–Trinajstić information content (AvgIpc) is 3.43. The van der Waals surface area contributed by atoms with Gasteiger partial charge in [0.2, 0.25) is 5.91 Å². The maximum atomic E-state index is 12.7. The van der Waals surface area contributed by atoms with Gasteiger partial charge in [-0.25, -0.2) is 4.79 Å². The zero-order valence-electron chi connectivity index (χ0n) is 18.9. The van der Waals surface area contributed by atoms with E-state index in [4.69, 9.17) is 13.6 Å². The summed E-state index contributed by atoms with van der Waals surface area (Å²) in [7, 11) is 0. The van der Waals surface area contributed by atoms with Gasteiger partial charge in [-0.1, -0.05) is 30.3 Å². The van der Waals surface area contributed by atoms with Crippen molar-refractivity contribution in [2.75, 3.05) is 13.2 Å². The van der Waals surface area contributed by atoms with E-state index in [0.717, 1.165) is 52.7 Å². The Balaban J connectivity index is 1.45. The summed E-state index contributed by atoms with van der Waals surface area (Å²) in [5.41, 5.74) is 4.26. The van der Waals surface area contributed by atoms with Gasteiger partial charge in [0, 0.05) is 47.5 Å². The fourth-order valence-electron chi connectivity index (χ4n) is 4.71. The van der Waals surface area contributed by atoms with Crippen LogP contribution in [0.2, 0.25) is 0 Å². The Bertz CT molecular complexity index is 1380. The highest BCUT2D eigenvalue weighted by Crippen LogP contribution is 2.37. The molecule has 1 amide bonds. The van der Waals surface area contributed by atoms with E-state index in [9.17, 15) is 9.59 Å². The fraction of sp³-hybridized carbons (Fsp3) is 0.333. The van der Waals surface area contributed by atoms with Gasteiger partial charge in [-0.05, 0) is 50.3 Å². The summed E-state index contributed by atoms with van der Waals surface area (Å²) in [6.45, 7) is 5.13. The van der Waals surface area contributed by atoms with Gasteiger partial charge >= 0.3 is 5.63 Å². The molecule has 0 bridgehead atoms. The number of hydrogen-bond acceptors (Lipinski definition) is 5. The third-order valence-corrected chi connectivity index (χ3v) is 6.49. The lowest BCUT2D eigenvalue weighted by Gasteiger charge is -2.11. The number of nitrogens with one attached hydrogen (secondary N) is 1. The minimum absolute atomic E-state index is 0.0864. The normalized spacial score (nSPS) is 16.0. The van der Waals surface area contributed by atoms with Crippen LogP contribution in [0.5, 0.6) is 0 Å². The number of aryl methyl sites for hydroxylation is 2. The average molecular weight is 446 g/mol. The van der Waals surface area contributed by atoms with Crippen molar-refractivity contribution in [2.45, 2.75) is 45.6 Å². The van der Waals surface area contributed by atoms with Crippen molar-refractivity contribution in [1.29, 1.82) is 0 Å². The highest BCUT2D eigenvalue weighted by Gasteiger charge is 2.19. The van der Waals surface area contributed by atoms with E-state index in [1.54, 1.807) is 6.07 Å². The van der Waals surface area contributed by atoms with E-state index in [1.807, 2.05) is 38.1 Å². The van der Waals surface area contributed by atoms with Crippen LogP contribution in [0.1, 0.15) is 36.1 Å². The standard InChI is InChI=1S/C27H27NO5/c1-16-20(10-11-25(29)28-15-19-9-6-12-31-19)27(30)33-23-14-24-22(13-21(16)23)26(17(2)32-24)18-7-4-3-5-8-18/h3-5,7-8,13-14,19H,6,9-12,15H2,1-2H3,(H,28,29)/t19-/m0/s1. The van der Waals surface area contributed by atoms with E-state index >= 15 is 0 Å². The van der Waals surface area contributed by atoms with Crippen LogP contribution in [0, 0.1) is 13.8 Å². The van der Waals surface area contributed by atoms with Crippen molar-refractivity contribution in [2.24, 2.45) is 0 Å². The topological polar surface area (TPSA) is 81.7 Å². The lowest BCUT2D eigenvalue weighted by atomic mass is 9.98. The minimum Gasteiger partial charge on any atom is -0.461 e. The number of carbonyl (C=O) groups excluding carboxylic acids is 1. The molecule has 2 aromatic heterocycles. The maximum Gasteiger partial charge on any atom is 0.339 e. The predicted octanol–water partition coefficient (Wildman–Crippen LogP) is 5.05. The predicted molar refractivity (Wildman–Crippen MR) is 127 cm³/mol. The Kier molecular flexibility index (Phi) is 5.77. The molecule has 0 spiro atoms. The molecule has 170 valence electrons. The lowest BCUT2D eigenvalue weighted by Crippen LogP contribution is -2.32. The first-order valence-electron chi connectivity index (χ1n) is 11.4. The minimum atomic E-state index is -0.405. The van der Waals surface area contributed by atoms with Crippen molar-refractivity contribution < 1.29 is 18.4 Å². The van der Waals surface area contributed by atoms with Gasteiger partial charge in [0.1, 0.15) is 16.9 Å². The molecule has 1 aliphatic rings. The van der Waals surface area contributed by atoms with E-state index in [0.29, 0.717) is 29.7 Å². The summed E-state index contributed by atoms with van der Waals surface area (Å²) in [4.78, 5) is 25.0. The number of amides is 1. The summed E-state index contributed by atoms with van der Waals surface area (Å²) in [5, 5.41) is 4.75. The molecular weight excluding hydrogens is 418 g/mol. The van der Waals surface area contributed by atoms with Crippen molar-refractivity contribution in [3.8, 4) is 11.1 Å². The van der Waals surface area contributed by atoms with Crippen LogP contribution in [0.3, 0.4) is 0 Å². The molecule has 0 aliphatic carbocycles. The van der Waals surface area contributed by atoms with E-state index < -0.39 is 5.63 Å². The molecule has 0 radical (unpaired) electrons. The Labute approximate surface area is 191 Å². The number of carbonyl (C=O) groups is 1. The summed E-state index contributed by atoms with van der Waals surface area (Å²) in [6.07, 6.45) is 2.66. The first-order chi connectivity index (χ1) is 16.0. The molecule has 2 aromatic carbocycles. The van der Waals surface area contributed by atoms with Crippen molar-refractivity contribution in [3.05, 3.63) is 69.8 Å². The third kappa shape index (κ3) is 4.18. The van der Waals surface area contributed by atoms with Gasteiger partial charge in [-0.3, -0.25) is 4.79 Å². The van der Waals surface area contributed by atoms with Gasteiger partial charge < -0.3 is 18.9 Å². The van der Waals surface area contributed by atoms with Crippen LogP contribution in [0.4, 0.5) is 0 Å². The second kappa shape index (κ2) is 8.87. The maximum absolute atomic E-state index is 12.7. The van der Waals surface area contributed by atoms with E-state index in [2.05, 4.69) is 17.4 Å². The van der Waals surface area contributed by atoms with Crippen LogP contribution in [-0.4, -0.2) is 25.2 Å². The fourth-order valence-corrected chi connectivity index (χ4v) is 4.71. The zero-order chi connectivity index (χ0) is 22.9. The van der Waals surface area contributed by atoms with Crippen molar-refractivity contribution in [1.82, 2.24) is 5.32 Å². The van der Waals surface area contributed by atoms with Gasteiger partial charge in [0.15, 0.2) is 0 Å². The molecular formula is C27H27NO5. The first-order valence-corrected chi connectivity index (χ1v) is 11.4. The quantitative estimate of drug-likeness (QED) is 0.420. The summed E-state index contributed by atoms with van der Waals surface area (Å²) < 4.78 is 17.2. The molecule has 1 aliphatic heterocycles. The number of hydrogen-bond donors (Lipinski definition) is 1. The van der Waals surface area contributed by atoms with E-state index in [1.165, 1.54) is 0 Å². The Morgan fingerprint density at radius 2 is 1.85 bits per heavy atom. The van der Waals surface area contributed by atoms with Crippen LogP contribution in [0.25, 0.3) is 33.1 Å². The van der Waals surface area contributed by atoms with Crippen molar-refractivity contribution >= 4 is 27.8 Å². The smallest absolute Gasteiger partial charge is 0.339 e.